The second-order valence-corrected chi connectivity index (χ2v) is 7.14. The smallest absolute Gasteiger partial charge is 0.411 e. The third-order valence-electron chi connectivity index (χ3n) is 3.61. The van der Waals surface area contributed by atoms with E-state index in [1.54, 1.807) is 19.2 Å². The van der Waals surface area contributed by atoms with Crippen LogP contribution in [0.15, 0.2) is 32.1 Å². The molecule has 0 saturated heterocycles. The van der Waals surface area contributed by atoms with Crippen molar-refractivity contribution in [1.29, 1.82) is 0 Å². The van der Waals surface area contributed by atoms with E-state index in [4.69, 9.17) is 10.5 Å². The number of H-pyrrole nitrogens is 1. The zero-order valence-electron chi connectivity index (χ0n) is 13.5. The van der Waals surface area contributed by atoms with Gasteiger partial charge in [0.25, 0.3) is 0 Å². The van der Waals surface area contributed by atoms with E-state index in [0.29, 0.717) is 33.4 Å². The molecule has 3 heterocycles. The molecule has 0 fully saturated rings. The van der Waals surface area contributed by atoms with Crippen molar-refractivity contribution in [3.05, 3.63) is 43.5 Å². The number of halogens is 2. The highest BCUT2D eigenvalue weighted by molar-refractivity contribution is 9.10. The van der Waals surface area contributed by atoms with E-state index in [1.165, 1.54) is 10.8 Å². The highest BCUT2D eigenvalue weighted by Gasteiger charge is 2.12. The molecular formula is C15H14Br2N6O3. The number of imidazole rings is 1. The zero-order chi connectivity index (χ0) is 18.8. The van der Waals surface area contributed by atoms with Crippen molar-refractivity contribution in [2.24, 2.45) is 7.05 Å². The summed E-state index contributed by atoms with van der Waals surface area (Å²) < 4.78 is 8.03. The molecule has 0 atom stereocenters. The highest BCUT2D eigenvalue weighted by atomic mass is 79.9. The number of aromatic nitrogens is 4. The molecule has 4 N–H and O–H groups in total. The molecule has 1 amide bonds. The van der Waals surface area contributed by atoms with Crippen LogP contribution in [0.5, 0.6) is 0 Å². The van der Waals surface area contributed by atoms with Crippen LogP contribution in [0.2, 0.25) is 0 Å². The van der Waals surface area contributed by atoms with Crippen molar-refractivity contribution in [2.45, 2.75) is 6.42 Å². The lowest BCUT2D eigenvalue weighted by Gasteiger charge is -2.09. The molecule has 9 nitrogen and oxygen atoms in total. The maximum atomic E-state index is 11.9. The SMILES string of the molecule is Cn1c(=O)[nH]c2nc(CCOC(=O)Nc3cc(Br)cnc3N)c(Br)cc21. The maximum Gasteiger partial charge on any atom is 0.411 e. The molecular weight excluding hydrogens is 472 g/mol. The minimum absolute atomic E-state index is 0.0986. The van der Waals surface area contributed by atoms with Gasteiger partial charge in [-0.2, -0.15) is 0 Å². The van der Waals surface area contributed by atoms with E-state index < -0.39 is 6.09 Å². The van der Waals surface area contributed by atoms with Gasteiger partial charge in [-0.3, -0.25) is 14.9 Å². The van der Waals surface area contributed by atoms with Gasteiger partial charge in [-0.1, -0.05) is 0 Å². The number of carbonyl (C=O) groups excluding carboxylic acids is 1. The molecule has 26 heavy (non-hydrogen) atoms. The number of ether oxygens (including phenoxy) is 1. The van der Waals surface area contributed by atoms with Gasteiger partial charge in [0.2, 0.25) is 0 Å². The number of nitrogens with one attached hydrogen (secondary N) is 2. The average molecular weight is 486 g/mol. The Kier molecular flexibility index (Phi) is 5.28. The summed E-state index contributed by atoms with van der Waals surface area (Å²) in [6.45, 7) is 0.0986. The van der Waals surface area contributed by atoms with Gasteiger partial charge in [-0.15, -0.1) is 0 Å². The van der Waals surface area contributed by atoms with Gasteiger partial charge in [0.05, 0.1) is 23.5 Å². The second-order valence-electron chi connectivity index (χ2n) is 5.37. The predicted molar refractivity (Wildman–Crippen MR) is 104 cm³/mol. The Balaban J connectivity index is 1.63. The van der Waals surface area contributed by atoms with Gasteiger partial charge in [0.1, 0.15) is 5.82 Å². The summed E-state index contributed by atoms with van der Waals surface area (Å²) in [6.07, 6.45) is 1.24. The maximum absolute atomic E-state index is 11.9. The second kappa shape index (κ2) is 7.46. The topological polar surface area (TPSA) is 128 Å². The number of amides is 1. The Morgan fingerprint density at radius 3 is 2.96 bits per heavy atom. The quantitative estimate of drug-likeness (QED) is 0.521. The number of pyridine rings is 2. The van der Waals surface area contributed by atoms with E-state index >= 15 is 0 Å². The summed E-state index contributed by atoms with van der Waals surface area (Å²) in [6, 6.07) is 3.42. The first-order valence-corrected chi connectivity index (χ1v) is 9.02. The van der Waals surface area contributed by atoms with Crippen molar-refractivity contribution in [2.75, 3.05) is 17.7 Å². The Morgan fingerprint density at radius 2 is 2.19 bits per heavy atom. The van der Waals surface area contributed by atoms with Crippen LogP contribution in [0.4, 0.5) is 16.3 Å². The number of nitrogens with zero attached hydrogens (tertiary/aromatic N) is 3. The number of hydrogen-bond acceptors (Lipinski definition) is 6. The number of anilines is 2. The van der Waals surface area contributed by atoms with Gasteiger partial charge < -0.3 is 10.5 Å². The molecule has 0 aliphatic carbocycles. The summed E-state index contributed by atoms with van der Waals surface area (Å²) in [7, 11) is 1.66. The molecule has 3 aromatic heterocycles. The molecule has 0 aromatic carbocycles. The van der Waals surface area contributed by atoms with Gasteiger partial charge in [-0.25, -0.2) is 19.6 Å². The summed E-state index contributed by atoms with van der Waals surface area (Å²) in [5.74, 6) is 0.188. The molecule has 0 spiro atoms. The van der Waals surface area contributed by atoms with Gasteiger partial charge >= 0.3 is 11.8 Å². The monoisotopic (exact) mass is 484 g/mol. The first-order valence-electron chi connectivity index (χ1n) is 7.44. The Bertz CT molecular complexity index is 1050. The van der Waals surface area contributed by atoms with Gasteiger partial charge in [-0.05, 0) is 44.0 Å². The first-order chi connectivity index (χ1) is 12.3. The lowest BCUT2D eigenvalue weighted by Crippen LogP contribution is -2.17. The Labute approximate surface area is 164 Å². The number of carbonyl (C=O) groups is 1. The fraction of sp³-hybridized carbons (Fsp3) is 0.200. The number of rotatable bonds is 4. The van der Waals surface area contributed by atoms with E-state index in [-0.39, 0.29) is 18.1 Å². The van der Waals surface area contributed by atoms with Crippen molar-refractivity contribution in [3.63, 3.8) is 0 Å². The predicted octanol–water partition coefficient (Wildman–Crippen LogP) is 2.55. The molecule has 0 bridgehead atoms. The van der Waals surface area contributed by atoms with Crippen molar-refractivity contribution in [3.8, 4) is 0 Å². The van der Waals surface area contributed by atoms with Crippen LogP contribution < -0.4 is 16.7 Å². The molecule has 3 aromatic rings. The van der Waals surface area contributed by atoms with Crippen LogP contribution in [0.25, 0.3) is 11.2 Å². The third kappa shape index (κ3) is 3.88. The average Bonchev–Trinajstić information content (AvgIpc) is 2.85. The van der Waals surface area contributed by atoms with Crippen molar-refractivity contribution < 1.29 is 9.53 Å². The summed E-state index contributed by atoms with van der Waals surface area (Å²) in [4.78, 5) is 34.5. The molecule has 3 rings (SSSR count). The largest absolute Gasteiger partial charge is 0.449 e. The molecule has 0 unspecified atom stereocenters. The Morgan fingerprint density at radius 1 is 1.42 bits per heavy atom. The molecule has 0 aliphatic heterocycles. The minimum Gasteiger partial charge on any atom is -0.449 e. The number of aryl methyl sites for hydroxylation is 1. The fourth-order valence-corrected chi connectivity index (χ4v) is 3.11. The number of fused-ring (bicyclic) bond motifs is 1. The van der Waals surface area contributed by atoms with E-state index in [1.807, 2.05) is 0 Å². The number of nitrogen functional groups attached to an aromatic ring is 1. The minimum atomic E-state index is -0.651. The fourth-order valence-electron chi connectivity index (χ4n) is 2.27. The van der Waals surface area contributed by atoms with E-state index in [0.717, 1.165) is 4.47 Å². The van der Waals surface area contributed by atoms with Crippen LogP contribution in [-0.4, -0.2) is 32.2 Å². The van der Waals surface area contributed by atoms with Crippen LogP contribution in [0.3, 0.4) is 0 Å². The van der Waals surface area contributed by atoms with Crippen LogP contribution in [0, 0.1) is 0 Å². The normalized spacial score (nSPS) is 10.9. The van der Waals surface area contributed by atoms with Gasteiger partial charge in [0.15, 0.2) is 5.65 Å². The van der Waals surface area contributed by atoms with Crippen molar-refractivity contribution in [1.82, 2.24) is 19.5 Å². The first kappa shape index (κ1) is 18.4. The summed E-state index contributed by atoms with van der Waals surface area (Å²) >= 11 is 6.67. The molecule has 0 aliphatic rings. The van der Waals surface area contributed by atoms with E-state index in [2.05, 4.69) is 52.1 Å². The third-order valence-corrected chi connectivity index (χ3v) is 4.73. The number of aromatic amines is 1. The summed E-state index contributed by atoms with van der Waals surface area (Å²) in [5, 5.41) is 2.53. The molecule has 0 radical (unpaired) electrons. The number of nitrogens with two attached hydrogens (primary N) is 1. The Hall–Kier alpha value is -2.40. The van der Waals surface area contributed by atoms with Crippen LogP contribution >= 0.6 is 31.9 Å². The molecule has 136 valence electrons. The molecule has 0 saturated carbocycles. The van der Waals surface area contributed by atoms with Crippen LogP contribution in [0.1, 0.15) is 5.69 Å². The highest BCUT2D eigenvalue weighted by Crippen LogP contribution is 2.21. The lowest BCUT2D eigenvalue weighted by atomic mass is 10.3. The van der Waals surface area contributed by atoms with Crippen molar-refractivity contribution >= 4 is 60.6 Å². The van der Waals surface area contributed by atoms with Crippen LogP contribution in [-0.2, 0) is 18.2 Å². The standard InChI is InChI=1S/C15H14Br2N6O3/c1-23-11-5-8(17)9(20-13(11)22-14(23)24)2-3-26-15(25)21-10-4-7(16)6-19-12(10)18/h4-6H,2-3H2,1H3,(H2,18,19)(H,21,25)(H,20,22,24). The van der Waals surface area contributed by atoms with E-state index in [9.17, 15) is 9.59 Å². The lowest BCUT2D eigenvalue weighted by molar-refractivity contribution is 0.162. The van der Waals surface area contributed by atoms with Gasteiger partial charge in [0, 0.05) is 28.6 Å². The molecule has 11 heteroatoms. The summed E-state index contributed by atoms with van der Waals surface area (Å²) in [5.41, 5.74) is 7.63. The zero-order valence-corrected chi connectivity index (χ0v) is 16.7. The number of hydrogen-bond donors (Lipinski definition) is 3.